The van der Waals surface area contributed by atoms with Gasteiger partial charge in [-0.2, -0.15) is 4.31 Å². The van der Waals surface area contributed by atoms with E-state index in [0.717, 1.165) is 5.69 Å². The largest absolute Gasteiger partial charge is 0.497 e. The molecule has 1 aliphatic rings. The first-order chi connectivity index (χ1) is 13.5. The Balaban J connectivity index is 1.67. The van der Waals surface area contributed by atoms with Crippen LogP contribution in [0.4, 0.5) is 5.69 Å². The number of carbonyl (C=O) groups is 1. The molecule has 0 atom stereocenters. The molecule has 1 amide bonds. The third-order valence-electron chi connectivity index (χ3n) is 5.15. The summed E-state index contributed by atoms with van der Waals surface area (Å²) in [6, 6.07) is 16.0. The Labute approximate surface area is 166 Å². The van der Waals surface area contributed by atoms with E-state index in [9.17, 15) is 13.2 Å². The van der Waals surface area contributed by atoms with Crippen molar-refractivity contribution < 1.29 is 17.9 Å². The molecule has 0 saturated carbocycles. The van der Waals surface area contributed by atoms with Crippen LogP contribution in [0.2, 0.25) is 0 Å². The molecule has 1 aliphatic heterocycles. The number of methoxy groups -OCH3 is 1. The van der Waals surface area contributed by atoms with Gasteiger partial charge in [0.05, 0.1) is 12.0 Å². The van der Waals surface area contributed by atoms with Crippen molar-refractivity contribution in [2.75, 3.05) is 31.6 Å². The van der Waals surface area contributed by atoms with Gasteiger partial charge in [-0.05, 0) is 56.2 Å². The Morgan fingerprint density at radius 3 is 2.21 bits per heavy atom. The Bertz CT molecular complexity index is 890. The van der Waals surface area contributed by atoms with Crippen LogP contribution < -0.4 is 9.64 Å². The third-order valence-corrected chi connectivity index (χ3v) is 7.06. The number of anilines is 1. The van der Waals surface area contributed by atoms with Crippen molar-refractivity contribution in [3.63, 3.8) is 0 Å². The predicted molar refractivity (Wildman–Crippen MR) is 109 cm³/mol. The molecule has 3 rings (SSSR count). The van der Waals surface area contributed by atoms with Crippen LogP contribution in [-0.4, -0.2) is 45.4 Å². The Hall–Kier alpha value is -2.38. The fourth-order valence-electron chi connectivity index (χ4n) is 3.53. The van der Waals surface area contributed by atoms with Gasteiger partial charge in [0, 0.05) is 31.2 Å². The minimum absolute atomic E-state index is 0.0650. The molecule has 1 heterocycles. The van der Waals surface area contributed by atoms with Gasteiger partial charge in [0.15, 0.2) is 0 Å². The lowest BCUT2D eigenvalue weighted by molar-refractivity contribution is -0.123. The van der Waals surface area contributed by atoms with Gasteiger partial charge in [-0.15, -0.1) is 0 Å². The first kappa shape index (κ1) is 20.4. The summed E-state index contributed by atoms with van der Waals surface area (Å²) in [6.07, 6.45) is 1.05. The standard InChI is InChI=1S/C21H26N2O4S/c1-3-23(18-7-5-4-6-8-18)21(24)17-13-15-22(16-14-17)28(25,26)20-11-9-19(27-2)10-12-20/h4-12,17H,3,13-16H2,1-2H3. The Morgan fingerprint density at radius 2 is 1.68 bits per heavy atom. The first-order valence-corrected chi connectivity index (χ1v) is 10.9. The van der Waals surface area contributed by atoms with Gasteiger partial charge in [-0.25, -0.2) is 8.42 Å². The minimum atomic E-state index is -3.56. The molecule has 2 aromatic rings. The average Bonchev–Trinajstić information content (AvgIpc) is 2.75. The maximum absolute atomic E-state index is 13.0. The van der Waals surface area contributed by atoms with E-state index in [1.807, 2.05) is 37.3 Å². The number of carbonyl (C=O) groups excluding carboxylic acids is 1. The summed E-state index contributed by atoms with van der Waals surface area (Å²) in [5.74, 6) is 0.515. The van der Waals surface area contributed by atoms with E-state index in [4.69, 9.17) is 4.74 Å². The fraction of sp³-hybridized carbons (Fsp3) is 0.381. The van der Waals surface area contributed by atoms with E-state index < -0.39 is 10.0 Å². The van der Waals surface area contributed by atoms with Crippen molar-refractivity contribution in [2.24, 2.45) is 5.92 Å². The number of amides is 1. The van der Waals surface area contributed by atoms with E-state index in [0.29, 0.717) is 38.2 Å². The van der Waals surface area contributed by atoms with Crippen molar-refractivity contribution in [3.8, 4) is 5.75 Å². The van der Waals surface area contributed by atoms with Gasteiger partial charge >= 0.3 is 0 Å². The summed E-state index contributed by atoms with van der Waals surface area (Å²) in [7, 11) is -2.02. The highest BCUT2D eigenvalue weighted by molar-refractivity contribution is 7.89. The number of hydrogen-bond donors (Lipinski definition) is 0. The average molecular weight is 403 g/mol. The number of nitrogens with zero attached hydrogens (tertiary/aromatic N) is 2. The van der Waals surface area contributed by atoms with Crippen molar-refractivity contribution in [1.82, 2.24) is 4.31 Å². The molecule has 0 aliphatic carbocycles. The fourth-order valence-corrected chi connectivity index (χ4v) is 5.00. The zero-order valence-corrected chi connectivity index (χ0v) is 17.1. The lowest BCUT2D eigenvalue weighted by Crippen LogP contribution is -2.44. The lowest BCUT2D eigenvalue weighted by atomic mass is 9.96. The summed E-state index contributed by atoms with van der Waals surface area (Å²) >= 11 is 0. The smallest absolute Gasteiger partial charge is 0.243 e. The summed E-state index contributed by atoms with van der Waals surface area (Å²) < 4.78 is 32.3. The number of rotatable bonds is 6. The second-order valence-corrected chi connectivity index (χ2v) is 8.71. The van der Waals surface area contributed by atoms with Gasteiger partial charge in [0.2, 0.25) is 15.9 Å². The molecule has 1 saturated heterocycles. The van der Waals surface area contributed by atoms with Crippen LogP contribution in [0.1, 0.15) is 19.8 Å². The lowest BCUT2D eigenvalue weighted by Gasteiger charge is -2.33. The Morgan fingerprint density at radius 1 is 1.07 bits per heavy atom. The highest BCUT2D eigenvalue weighted by atomic mass is 32.2. The van der Waals surface area contributed by atoms with Gasteiger partial charge in [-0.1, -0.05) is 18.2 Å². The van der Waals surface area contributed by atoms with Crippen LogP contribution in [0.3, 0.4) is 0 Å². The highest BCUT2D eigenvalue weighted by Gasteiger charge is 2.33. The zero-order chi connectivity index (χ0) is 20.1. The summed E-state index contributed by atoms with van der Waals surface area (Å²) in [4.78, 5) is 15.0. The molecule has 2 aromatic carbocycles. The molecule has 0 bridgehead atoms. The monoisotopic (exact) mass is 402 g/mol. The first-order valence-electron chi connectivity index (χ1n) is 9.48. The zero-order valence-electron chi connectivity index (χ0n) is 16.2. The van der Waals surface area contributed by atoms with E-state index in [-0.39, 0.29) is 16.7 Å². The highest BCUT2D eigenvalue weighted by Crippen LogP contribution is 2.27. The third kappa shape index (κ3) is 4.20. The number of benzene rings is 2. The molecule has 0 spiro atoms. The Kier molecular flexibility index (Phi) is 6.36. The van der Waals surface area contributed by atoms with Crippen molar-refractivity contribution >= 4 is 21.6 Å². The molecular weight excluding hydrogens is 376 g/mol. The van der Waals surface area contributed by atoms with Crippen LogP contribution in [-0.2, 0) is 14.8 Å². The summed E-state index contributed by atoms with van der Waals surface area (Å²) in [5.41, 5.74) is 0.878. The molecular formula is C21H26N2O4S. The number of para-hydroxylation sites is 1. The van der Waals surface area contributed by atoms with E-state index in [1.54, 1.807) is 36.3 Å². The van der Waals surface area contributed by atoms with Crippen LogP contribution in [0, 0.1) is 5.92 Å². The molecule has 1 fully saturated rings. The number of ether oxygens (including phenoxy) is 1. The topological polar surface area (TPSA) is 66.9 Å². The van der Waals surface area contributed by atoms with Crippen molar-refractivity contribution in [1.29, 1.82) is 0 Å². The van der Waals surface area contributed by atoms with Crippen molar-refractivity contribution in [2.45, 2.75) is 24.7 Å². The van der Waals surface area contributed by atoms with E-state index in [2.05, 4.69) is 0 Å². The van der Waals surface area contributed by atoms with Gasteiger partial charge in [-0.3, -0.25) is 4.79 Å². The molecule has 6 nitrogen and oxygen atoms in total. The van der Waals surface area contributed by atoms with Gasteiger partial charge in [0.25, 0.3) is 0 Å². The molecule has 0 N–H and O–H groups in total. The SMILES string of the molecule is CCN(C(=O)C1CCN(S(=O)(=O)c2ccc(OC)cc2)CC1)c1ccccc1. The van der Waals surface area contributed by atoms with Gasteiger partial charge in [0.1, 0.15) is 5.75 Å². The number of piperidine rings is 1. The molecule has 0 radical (unpaired) electrons. The minimum Gasteiger partial charge on any atom is -0.497 e. The van der Waals surface area contributed by atoms with E-state index in [1.165, 1.54) is 4.31 Å². The van der Waals surface area contributed by atoms with Crippen LogP contribution in [0.5, 0.6) is 5.75 Å². The van der Waals surface area contributed by atoms with Gasteiger partial charge < -0.3 is 9.64 Å². The molecule has 0 unspecified atom stereocenters. The number of sulfonamides is 1. The molecule has 0 aromatic heterocycles. The normalized spacial score (nSPS) is 15.9. The maximum atomic E-state index is 13.0. The molecule has 7 heteroatoms. The predicted octanol–water partition coefficient (Wildman–Crippen LogP) is 3.15. The van der Waals surface area contributed by atoms with E-state index >= 15 is 0 Å². The number of hydrogen-bond acceptors (Lipinski definition) is 4. The van der Waals surface area contributed by atoms with Crippen LogP contribution in [0.25, 0.3) is 0 Å². The summed E-state index contributed by atoms with van der Waals surface area (Å²) in [5, 5.41) is 0. The van der Waals surface area contributed by atoms with Crippen molar-refractivity contribution in [3.05, 3.63) is 54.6 Å². The maximum Gasteiger partial charge on any atom is 0.243 e. The van der Waals surface area contributed by atoms with Crippen LogP contribution >= 0.6 is 0 Å². The quantitative estimate of drug-likeness (QED) is 0.744. The molecule has 150 valence electrons. The molecule has 28 heavy (non-hydrogen) atoms. The second kappa shape index (κ2) is 8.75. The summed E-state index contributed by atoms with van der Waals surface area (Å²) in [6.45, 7) is 3.23. The van der Waals surface area contributed by atoms with Crippen LogP contribution in [0.15, 0.2) is 59.5 Å². The second-order valence-electron chi connectivity index (χ2n) is 6.77.